The molecule has 0 spiro atoms. The Morgan fingerprint density at radius 2 is 1.88 bits per heavy atom. The number of nitrogens with one attached hydrogen (secondary N) is 2. The molecule has 1 saturated carbocycles. The fourth-order valence-corrected chi connectivity index (χ4v) is 3.61. The van der Waals surface area contributed by atoms with Gasteiger partial charge in [-0.15, -0.1) is 0 Å². The molecule has 2 heterocycles. The second kappa shape index (κ2) is 4.63. The van der Waals surface area contributed by atoms with Gasteiger partial charge in [-0.1, -0.05) is 0 Å². The Kier molecular flexibility index (Phi) is 3.18. The molecular weight excluding hydrogens is 198 g/mol. The van der Waals surface area contributed by atoms with E-state index in [1.165, 1.54) is 71.5 Å². The van der Waals surface area contributed by atoms with E-state index in [-0.39, 0.29) is 0 Å². The van der Waals surface area contributed by atoms with Crippen molar-refractivity contribution in [1.82, 2.24) is 15.5 Å². The lowest BCUT2D eigenvalue weighted by Crippen LogP contribution is -2.53. The third kappa shape index (κ3) is 2.27. The van der Waals surface area contributed by atoms with Gasteiger partial charge >= 0.3 is 0 Å². The number of piperidine rings is 1. The van der Waals surface area contributed by atoms with E-state index in [1.54, 1.807) is 0 Å². The van der Waals surface area contributed by atoms with Crippen molar-refractivity contribution < 1.29 is 0 Å². The first-order chi connectivity index (χ1) is 7.89. The SMILES string of the molecule is C1CNC[C@@](CN2CCNCC2)(C2CC2)C1. The molecule has 0 aromatic heterocycles. The molecule has 1 aliphatic carbocycles. The van der Waals surface area contributed by atoms with Crippen LogP contribution < -0.4 is 10.6 Å². The van der Waals surface area contributed by atoms with Crippen LogP contribution in [-0.2, 0) is 0 Å². The molecule has 3 fully saturated rings. The molecule has 2 saturated heterocycles. The largest absolute Gasteiger partial charge is 0.316 e. The molecule has 0 aromatic carbocycles. The summed E-state index contributed by atoms with van der Waals surface area (Å²) in [7, 11) is 0. The zero-order chi connectivity index (χ0) is 10.8. The second-order valence-electron chi connectivity index (χ2n) is 5.94. The normalized spacial score (nSPS) is 37.5. The van der Waals surface area contributed by atoms with Crippen molar-refractivity contribution in [3.05, 3.63) is 0 Å². The van der Waals surface area contributed by atoms with Gasteiger partial charge in [0.1, 0.15) is 0 Å². The molecule has 2 N–H and O–H groups in total. The van der Waals surface area contributed by atoms with Crippen LogP contribution in [0.15, 0.2) is 0 Å². The molecule has 0 radical (unpaired) electrons. The van der Waals surface area contributed by atoms with Crippen molar-refractivity contribution in [3.63, 3.8) is 0 Å². The molecule has 92 valence electrons. The lowest BCUT2D eigenvalue weighted by Gasteiger charge is -2.43. The Bertz CT molecular complexity index is 225. The molecule has 3 heteroatoms. The summed E-state index contributed by atoms with van der Waals surface area (Å²) in [5.41, 5.74) is 0.635. The Hall–Kier alpha value is -0.120. The summed E-state index contributed by atoms with van der Waals surface area (Å²) < 4.78 is 0. The highest BCUT2D eigenvalue weighted by molar-refractivity contribution is 4.99. The summed E-state index contributed by atoms with van der Waals surface area (Å²) in [4.78, 5) is 2.70. The van der Waals surface area contributed by atoms with Crippen LogP contribution in [0.5, 0.6) is 0 Å². The maximum Gasteiger partial charge on any atom is 0.0108 e. The number of piperazine rings is 1. The highest BCUT2D eigenvalue weighted by atomic mass is 15.2. The summed E-state index contributed by atoms with van der Waals surface area (Å²) in [5, 5.41) is 7.10. The fourth-order valence-electron chi connectivity index (χ4n) is 3.61. The summed E-state index contributed by atoms with van der Waals surface area (Å²) in [6, 6.07) is 0. The van der Waals surface area contributed by atoms with E-state index in [9.17, 15) is 0 Å². The second-order valence-corrected chi connectivity index (χ2v) is 5.94. The summed E-state index contributed by atoms with van der Waals surface area (Å²) in [6.07, 6.45) is 5.85. The fraction of sp³-hybridized carbons (Fsp3) is 1.00. The van der Waals surface area contributed by atoms with Crippen LogP contribution in [0.3, 0.4) is 0 Å². The zero-order valence-corrected chi connectivity index (χ0v) is 10.3. The first-order valence-corrected chi connectivity index (χ1v) is 7.03. The van der Waals surface area contributed by atoms with Gasteiger partial charge < -0.3 is 15.5 Å². The highest BCUT2D eigenvalue weighted by Crippen LogP contribution is 2.49. The number of hydrogen-bond donors (Lipinski definition) is 2. The third-order valence-electron chi connectivity index (χ3n) is 4.70. The molecule has 1 atom stereocenters. The van der Waals surface area contributed by atoms with Crippen LogP contribution in [0.1, 0.15) is 25.7 Å². The average molecular weight is 223 g/mol. The average Bonchev–Trinajstić information content (AvgIpc) is 3.16. The first-order valence-electron chi connectivity index (χ1n) is 7.03. The molecule has 2 aliphatic heterocycles. The van der Waals surface area contributed by atoms with Crippen molar-refractivity contribution >= 4 is 0 Å². The predicted octanol–water partition coefficient (Wildman–Crippen LogP) is 0.671. The molecule has 0 bridgehead atoms. The summed E-state index contributed by atoms with van der Waals surface area (Å²) in [6.45, 7) is 8.77. The van der Waals surface area contributed by atoms with E-state index < -0.39 is 0 Å². The molecule has 16 heavy (non-hydrogen) atoms. The Morgan fingerprint density at radius 3 is 2.50 bits per heavy atom. The van der Waals surface area contributed by atoms with Crippen molar-refractivity contribution in [2.24, 2.45) is 11.3 Å². The van der Waals surface area contributed by atoms with E-state index >= 15 is 0 Å². The summed E-state index contributed by atoms with van der Waals surface area (Å²) in [5.74, 6) is 1.04. The van der Waals surface area contributed by atoms with Crippen molar-refractivity contribution in [2.45, 2.75) is 25.7 Å². The van der Waals surface area contributed by atoms with Gasteiger partial charge in [-0.2, -0.15) is 0 Å². The quantitative estimate of drug-likeness (QED) is 0.736. The minimum absolute atomic E-state index is 0.635. The van der Waals surface area contributed by atoms with Gasteiger partial charge in [0, 0.05) is 39.3 Å². The third-order valence-corrected chi connectivity index (χ3v) is 4.70. The highest BCUT2D eigenvalue weighted by Gasteiger charge is 2.46. The van der Waals surface area contributed by atoms with Crippen LogP contribution in [0.2, 0.25) is 0 Å². The van der Waals surface area contributed by atoms with Crippen molar-refractivity contribution in [2.75, 3.05) is 45.8 Å². The van der Waals surface area contributed by atoms with Crippen LogP contribution >= 0.6 is 0 Å². The molecule has 3 rings (SSSR count). The minimum atomic E-state index is 0.635. The van der Waals surface area contributed by atoms with E-state index in [1.807, 2.05) is 0 Å². The van der Waals surface area contributed by atoms with Crippen LogP contribution in [-0.4, -0.2) is 50.7 Å². The minimum Gasteiger partial charge on any atom is -0.316 e. The molecular formula is C13H25N3. The van der Waals surface area contributed by atoms with Gasteiger partial charge in [0.2, 0.25) is 0 Å². The lowest BCUT2D eigenvalue weighted by atomic mass is 9.75. The van der Waals surface area contributed by atoms with E-state index in [4.69, 9.17) is 0 Å². The van der Waals surface area contributed by atoms with Crippen LogP contribution in [0.4, 0.5) is 0 Å². The monoisotopic (exact) mass is 223 g/mol. The van der Waals surface area contributed by atoms with Gasteiger partial charge in [0.15, 0.2) is 0 Å². The van der Waals surface area contributed by atoms with Gasteiger partial charge in [-0.25, -0.2) is 0 Å². The topological polar surface area (TPSA) is 27.3 Å². The molecule has 3 aliphatic rings. The Morgan fingerprint density at radius 1 is 1.06 bits per heavy atom. The van der Waals surface area contributed by atoms with Crippen LogP contribution in [0, 0.1) is 11.3 Å². The molecule has 0 unspecified atom stereocenters. The predicted molar refractivity (Wildman–Crippen MR) is 66.6 cm³/mol. The molecule has 3 nitrogen and oxygen atoms in total. The molecule has 0 aromatic rings. The van der Waals surface area contributed by atoms with E-state index in [0.29, 0.717) is 5.41 Å². The van der Waals surface area contributed by atoms with Crippen molar-refractivity contribution in [3.8, 4) is 0 Å². The Labute approximate surface area is 99.0 Å². The van der Waals surface area contributed by atoms with Crippen molar-refractivity contribution in [1.29, 1.82) is 0 Å². The Balaban J connectivity index is 1.63. The maximum absolute atomic E-state index is 3.64. The maximum atomic E-state index is 3.64. The standard InChI is InChI=1S/C13H25N3/c1-4-13(10-15-5-1,12-2-3-12)11-16-8-6-14-7-9-16/h12,14-15H,1-11H2/t13-/m0/s1. The number of rotatable bonds is 3. The molecule has 0 amide bonds. The smallest absolute Gasteiger partial charge is 0.0108 e. The number of nitrogens with zero attached hydrogens (tertiary/aromatic N) is 1. The lowest BCUT2D eigenvalue weighted by molar-refractivity contribution is 0.0866. The van der Waals surface area contributed by atoms with Crippen LogP contribution in [0.25, 0.3) is 0 Å². The van der Waals surface area contributed by atoms with Gasteiger partial charge in [-0.3, -0.25) is 0 Å². The summed E-state index contributed by atoms with van der Waals surface area (Å²) >= 11 is 0. The van der Waals surface area contributed by atoms with Gasteiger partial charge in [-0.05, 0) is 43.6 Å². The first kappa shape index (κ1) is 11.0. The number of hydrogen-bond acceptors (Lipinski definition) is 3. The van der Waals surface area contributed by atoms with E-state index in [2.05, 4.69) is 15.5 Å². The van der Waals surface area contributed by atoms with Gasteiger partial charge in [0.05, 0.1) is 0 Å². The van der Waals surface area contributed by atoms with Gasteiger partial charge in [0.25, 0.3) is 0 Å². The zero-order valence-electron chi connectivity index (χ0n) is 10.3. The van der Waals surface area contributed by atoms with E-state index in [0.717, 1.165) is 5.92 Å².